The molecule has 4 aromatic rings. The van der Waals surface area contributed by atoms with Crippen LogP contribution in [-0.4, -0.2) is 28.8 Å². The lowest BCUT2D eigenvalue weighted by molar-refractivity contribution is -0.0893. The summed E-state index contributed by atoms with van der Waals surface area (Å²) in [4.78, 5) is 4.28. The van der Waals surface area contributed by atoms with Gasteiger partial charge in [-0.3, -0.25) is 4.98 Å². The van der Waals surface area contributed by atoms with Gasteiger partial charge in [-0.15, -0.1) is 11.3 Å². The number of benzene rings is 2. The van der Waals surface area contributed by atoms with Gasteiger partial charge in [0.05, 0.1) is 11.2 Å². The summed E-state index contributed by atoms with van der Waals surface area (Å²) in [5.74, 6) is 0. The van der Waals surface area contributed by atoms with Gasteiger partial charge in [0, 0.05) is 32.6 Å². The number of aliphatic hydroxyl groups is 1. The second-order valence-electron chi connectivity index (χ2n) is 7.67. The highest BCUT2D eigenvalue weighted by atomic mass is 32.1. The zero-order valence-electron chi connectivity index (χ0n) is 15.4. The van der Waals surface area contributed by atoms with E-state index >= 15 is 0 Å². The number of pyridine rings is 1. The van der Waals surface area contributed by atoms with Gasteiger partial charge in [-0.2, -0.15) is 0 Å². The monoisotopic (exact) mass is 362 g/mol. The maximum Gasteiger partial charge on any atom is 0.331 e. The molecule has 0 saturated carbocycles. The molecule has 0 saturated heterocycles. The fourth-order valence-corrected chi connectivity index (χ4v) is 4.17. The van der Waals surface area contributed by atoms with Crippen LogP contribution >= 0.6 is 11.3 Å². The number of hydrogen-bond acceptors (Lipinski definition) is 4. The molecule has 0 amide bonds. The molecule has 3 nitrogen and oxygen atoms in total. The third-order valence-corrected chi connectivity index (χ3v) is 6.47. The van der Waals surface area contributed by atoms with Crippen LogP contribution in [0.5, 0.6) is 0 Å². The van der Waals surface area contributed by atoms with E-state index in [1.807, 2.05) is 32.3 Å². The van der Waals surface area contributed by atoms with Gasteiger partial charge in [0.1, 0.15) is 0 Å². The van der Waals surface area contributed by atoms with E-state index in [1.165, 1.54) is 30.9 Å². The van der Waals surface area contributed by atoms with Crippen LogP contribution in [0.25, 0.3) is 30.9 Å². The van der Waals surface area contributed by atoms with Gasteiger partial charge in [-0.1, -0.05) is 30.3 Å². The average molecular weight is 362 g/mol. The minimum absolute atomic E-state index is 0.701. The Morgan fingerprint density at radius 1 is 1.04 bits per heavy atom. The molecule has 2 heterocycles. The molecule has 0 aliphatic rings. The van der Waals surface area contributed by atoms with Crippen molar-refractivity contribution in [2.45, 2.75) is 38.9 Å². The number of fused-ring (bicyclic) bond motifs is 5. The Hall–Kier alpha value is -1.95. The molecule has 0 spiro atoms. The lowest BCUT2D eigenvalue weighted by Crippen LogP contribution is -2.49. The molecule has 2 aromatic carbocycles. The van der Waals surface area contributed by atoms with Crippen LogP contribution in [0, 0.1) is 0 Å². The van der Waals surface area contributed by atoms with Crippen molar-refractivity contribution >= 4 is 55.2 Å². The Kier molecular flexibility index (Phi) is 4.06. The van der Waals surface area contributed by atoms with Crippen LogP contribution in [0.2, 0.25) is 0 Å². The molecule has 1 N–H and O–H groups in total. The minimum atomic E-state index is -0.952. The first kappa shape index (κ1) is 17.5. The van der Waals surface area contributed by atoms with Gasteiger partial charge in [0.15, 0.2) is 0 Å². The van der Waals surface area contributed by atoms with E-state index in [0.29, 0.717) is 0 Å². The van der Waals surface area contributed by atoms with Crippen LogP contribution in [0.3, 0.4) is 0 Å². The maximum atomic E-state index is 10.4. The molecule has 1 radical (unpaired) electrons. The third kappa shape index (κ3) is 2.80. The molecule has 0 bridgehead atoms. The number of nitrogens with zero attached hydrogens (tertiary/aromatic N) is 1. The second kappa shape index (κ2) is 6.05. The maximum absolute atomic E-state index is 10.4. The minimum Gasteiger partial charge on any atom is -0.427 e. The van der Waals surface area contributed by atoms with Crippen LogP contribution in [-0.2, 0) is 4.65 Å². The molecule has 2 aromatic heterocycles. The van der Waals surface area contributed by atoms with E-state index < -0.39 is 11.2 Å². The molecular weight excluding hydrogens is 341 g/mol. The largest absolute Gasteiger partial charge is 0.427 e. The van der Waals surface area contributed by atoms with Crippen molar-refractivity contribution in [2.24, 2.45) is 0 Å². The molecule has 5 heteroatoms. The number of aromatic nitrogens is 1. The van der Waals surface area contributed by atoms with Crippen molar-refractivity contribution in [3.63, 3.8) is 0 Å². The molecule has 0 aliphatic heterocycles. The van der Waals surface area contributed by atoms with Gasteiger partial charge in [-0.05, 0) is 50.0 Å². The van der Waals surface area contributed by atoms with Gasteiger partial charge < -0.3 is 9.76 Å². The van der Waals surface area contributed by atoms with Gasteiger partial charge in [0.25, 0.3) is 0 Å². The first-order valence-electron chi connectivity index (χ1n) is 8.69. The predicted octanol–water partition coefficient (Wildman–Crippen LogP) is 4.41. The van der Waals surface area contributed by atoms with Crippen LogP contribution in [0.1, 0.15) is 27.7 Å². The van der Waals surface area contributed by atoms with Crippen molar-refractivity contribution < 1.29 is 9.76 Å². The normalized spacial score (nSPS) is 13.0. The van der Waals surface area contributed by atoms with Crippen LogP contribution < -0.4 is 5.46 Å². The lowest BCUT2D eigenvalue weighted by atomic mass is 9.80. The second-order valence-corrected chi connectivity index (χ2v) is 8.72. The highest BCUT2D eigenvalue weighted by molar-refractivity contribution is 7.26. The number of rotatable bonds is 4. The molecule has 0 unspecified atom stereocenters. The Morgan fingerprint density at radius 2 is 1.85 bits per heavy atom. The topological polar surface area (TPSA) is 42.4 Å². The average Bonchev–Trinajstić information content (AvgIpc) is 2.97. The predicted molar refractivity (Wildman–Crippen MR) is 111 cm³/mol. The fraction of sp³-hybridized carbons (Fsp3) is 0.286. The number of thiophene rings is 1. The van der Waals surface area contributed by atoms with Gasteiger partial charge in [-0.25, -0.2) is 0 Å². The van der Waals surface area contributed by atoms with E-state index in [4.69, 9.17) is 4.65 Å². The first-order valence-corrected chi connectivity index (χ1v) is 9.51. The summed E-state index contributed by atoms with van der Waals surface area (Å²) in [6.45, 7) is 7.33. The zero-order valence-corrected chi connectivity index (χ0v) is 16.2. The van der Waals surface area contributed by atoms with Crippen molar-refractivity contribution in [2.75, 3.05) is 0 Å². The Balaban J connectivity index is 1.87. The lowest BCUT2D eigenvalue weighted by Gasteiger charge is -2.37. The SMILES string of the molecule is CC(C)(O)C(C)(C)O[B]c1cccc2ccc3c4cnccc4sc3c12. The molecule has 0 aliphatic carbocycles. The summed E-state index contributed by atoms with van der Waals surface area (Å²) in [5, 5.41) is 15.1. The third-order valence-electron chi connectivity index (χ3n) is 5.27. The van der Waals surface area contributed by atoms with Crippen molar-refractivity contribution in [1.82, 2.24) is 4.98 Å². The van der Waals surface area contributed by atoms with Crippen molar-refractivity contribution in [3.05, 3.63) is 48.8 Å². The summed E-state index contributed by atoms with van der Waals surface area (Å²) in [6.07, 6.45) is 3.77. The standard InChI is InChI=1S/C21H21BNO2S/c1-20(2,24)21(3,4)25-22-16-7-5-6-13-8-9-14-15-12-23-11-10-17(15)26-19(14)18(13)16/h5-12,24H,1-4H3. The summed E-state index contributed by atoms with van der Waals surface area (Å²) >= 11 is 1.78. The molecule has 0 atom stereocenters. The highest BCUT2D eigenvalue weighted by Gasteiger charge is 2.35. The molecule has 131 valence electrons. The quantitative estimate of drug-likeness (QED) is 0.547. The van der Waals surface area contributed by atoms with E-state index in [-0.39, 0.29) is 0 Å². The molecular formula is C21H21BNO2S. The van der Waals surface area contributed by atoms with Crippen molar-refractivity contribution in [1.29, 1.82) is 0 Å². The highest BCUT2D eigenvalue weighted by Crippen LogP contribution is 2.37. The molecule has 0 fully saturated rings. The number of hydrogen-bond donors (Lipinski definition) is 1. The summed E-state index contributed by atoms with van der Waals surface area (Å²) < 4.78 is 8.50. The van der Waals surface area contributed by atoms with Crippen LogP contribution in [0.15, 0.2) is 48.8 Å². The van der Waals surface area contributed by atoms with E-state index in [0.717, 1.165) is 5.46 Å². The van der Waals surface area contributed by atoms with Gasteiger partial charge in [0.2, 0.25) is 0 Å². The molecule has 4 rings (SSSR count). The Labute approximate surface area is 157 Å². The summed E-state index contributed by atoms with van der Waals surface area (Å²) in [6, 6.07) is 12.6. The smallest absolute Gasteiger partial charge is 0.331 e. The zero-order chi connectivity index (χ0) is 18.5. The Morgan fingerprint density at radius 3 is 2.62 bits per heavy atom. The van der Waals surface area contributed by atoms with Gasteiger partial charge >= 0.3 is 7.48 Å². The van der Waals surface area contributed by atoms with E-state index in [1.54, 1.807) is 32.7 Å². The first-order chi connectivity index (χ1) is 12.3. The van der Waals surface area contributed by atoms with Crippen molar-refractivity contribution in [3.8, 4) is 0 Å². The Bertz CT molecular complexity index is 1110. The van der Waals surface area contributed by atoms with E-state index in [2.05, 4.69) is 35.3 Å². The molecule has 26 heavy (non-hydrogen) atoms. The fourth-order valence-electron chi connectivity index (χ4n) is 2.93. The summed E-state index contributed by atoms with van der Waals surface area (Å²) in [5.41, 5.74) is -0.634. The van der Waals surface area contributed by atoms with E-state index in [9.17, 15) is 5.11 Å². The summed E-state index contributed by atoms with van der Waals surface area (Å²) in [7, 11) is 1.78. The van der Waals surface area contributed by atoms with Crippen LogP contribution in [0.4, 0.5) is 0 Å².